The zero-order chi connectivity index (χ0) is 77.5. The number of carbonyl (C=O) groups is 6. The van der Waals surface area contributed by atoms with Crippen LogP contribution in [0.15, 0.2) is 153 Å². The Hall–Kier alpha value is -10.9. The molecule has 3 aliphatic heterocycles. The fourth-order valence-electron chi connectivity index (χ4n) is 10.4. The summed E-state index contributed by atoms with van der Waals surface area (Å²) in [4.78, 5) is 117. The van der Waals surface area contributed by atoms with Gasteiger partial charge in [-0.25, -0.2) is 34.7 Å². The van der Waals surface area contributed by atoms with Crippen LogP contribution >= 0.6 is 45.6 Å². The molecule has 9 heterocycles. The van der Waals surface area contributed by atoms with E-state index < -0.39 is 29.0 Å². The van der Waals surface area contributed by atoms with Crippen LogP contribution in [0.1, 0.15) is 51.1 Å². The first-order valence-electron chi connectivity index (χ1n) is 34.8. The monoisotopic (exact) mass is 1560 g/mol. The van der Waals surface area contributed by atoms with E-state index in [-0.39, 0.29) is 75.6 Å². The zero-order valence-corrected chi connectivity index (χ0v) is 64.3. The van der Waals surface area contributed by atoms with Crippen molar-refractivity contribution < 1.29 is 61.9 Å². The molecule has 0 bridgehead atoms. The second-order valence-electron chi connectivity index (χ2n) is 24.9. The average Bonchev–Trinajstić information content (AvgIpc) is 1.15. The van der Waals surface area contributed by atoms with Crippen molar-refractivity contribution in [1.29, 1.82) is 0 Å². The smallest absolute Gasteiger partial charge is 0.411 e. The van der Waals surface area contributed by atoms with Gasteiger partial charge in [0, 0.05) is 56.5 Å². The van der Waals surface area contributed by atoms with Crippen LogP contribution in [0.3, 0.4) is 0 Å². The number of anilines is 6. The number of nitrogens with one attached hydrogen (secondary N) is 6. The third kappa shape index (κ3) is 27.1. The number of benzene rings is 3. The summed E-state index contributed by atoms with van der Waals surface area (Å²) in [6.07, 6.45) is 8.98. The van der Waals surface area contributed by atoms with Crippen LogP contribution in [0, 0.1) is 26.7 Å². The molecule has 6 aromatic heterocycles. The number of hydrogen-bond donors (Lipinski definition) is 6. The van der Waals surface area contributed by atoms with Crippen molar-refractivity contribution in [3.8, 4) is 49.0 Å². The van der Waals surface area contributed by atoms with Gasteiger partial charge in [-0.2, -0.15) is 15.0 Å². The lowest BCUT2D eigenvalue weighted by Gasteiger charge is -2.35. The zero-order valence-electron chi connectivity index (χ0n) is 61.1. The largest absolute Gasteiger partial charge is 0.476 e. The Morgan fingerprint density at radius 2 is 0.890 bits per heavy atom. The van der Waals surface area contributed by atoms with Gasteiger partial charge >= 0.3 is 6.09 Å². The van der Waals surface area contributed by atoms with Gasteiger partial charge in [0.15, 0.2) is 15.4 Å². The molecule has 0 radical (unpaired) electrons. The van der Waals surface area contributed by atoms with Crippen LogP contribution in [0.25, 0.3) is 31.3 Å². The second-order valence-corrected chi connectivity index (χ2v) is 28.4. The first-order valence-corrected chi connectivity index (χ1v) is 37.6. The van der Waals surface area contributed by atoms with Gasteiger partial charge in [-0.3, -0.25) is 28.9 Å². The number of carbonyl (C=O) groups excluding carboxylic acids is 6. The van der Waals surface area contributed by atoms with Crippen LogP contribution in [0.5, 0.6) is 17.6 Å². The molecule has 3 fully saturated rings. The molecule has 3 aromatic carbocycles. The van der Waals surface area contributed by atoms with Crippen molar-refractivity contribution in [2.75, 3.05) is 108 Å². The maximum Gasteiger partial charge on any atom is 0.411 e. The van der Waals surface area contributed by atoms with E-state index >= 15 is 0 Å². The Labute approximate surface area is 647 Å². The Morgan fingerprint density at radius 3 is 1.25 bits per heavy atom. The van der Waals surface area contributed by atoms with E-state index in [0.29, 0.717) is 102 Å². The van der Waals surface area contributed by atoms with Crippen LogP contribution in [-0.4, -0.2) is 199 Å². The minimum absolute atomic E-state index is 0.0162. The van der Waals surface area contributed by atoms with Crippen LogP contribution in [-0.2, 0) is 42.9 Å². The molecular formula is C75H86ClN17O13S3. The summed E-state index contributed by atoms with van der Waals surface area (Å²) in [6, 6.07) is 33.8. The minimum Gasteiger partial charge on any atom is -0.476 e. The summed E-state index contributed by atoms with van der Waals surface area (Å²) in [5.74, 6) is 3.58. The lowest BCUT2D eigenvalue weighted by atomic mass is 10.0. The van der Waals surface area contributed by atoms with E-state index in [9.17, 15) is 28.8 Å². The SMILES string of the molecule is C=CC(=O)Cl.C=CC(=O)N1CCOC[C@H]1C(=O)NCCOc1cc(Nc2ncc(-c3ccccc3)s2)nc(C)n1.Cc1nc(Nc2ncc(-c3ccccc3)s2)cc(OCCNC(=O)[C@@H]2COCCN2C(=O)OC(C)(C)C)n1.Cc1nc(Nc2ncc(-c3ccccc3)s2)cc(OCCNC(=O)[C@H]2CCCOC2)n1. The van der Waals surface area contributed by atoms with E-state index in [1.807, 2.05) is 97.5 Å². The number of morpholine rings is 2. The number of rotatable bonds is 26. The van der Waals surface area contributed by atoms with Gasteiger partial charge in [-0.15, -0.1) is 0 Å². The molecule has 0 saturated carbocycles. The number of aryl methyl sites for hydroxylation is 3. The first kappa shape index (κ1) is 82.1. The number of thiazole rings is 3. The molecule has 6 N–H and O–H groups in total. The Kier molecular flexibility index (Phi) is 31.6. The predicted octanol–water partition coefficient (Wildman–Crippen LogP) is 10.9. The summed E-state index contributed by atoms with van der Waals surface area (Å²) >= 11 is 9.29. The Morgan fingerprint density at radius 1 is 0.523 bits per heavy atom. The highest BCUT2D eigenvalue weighted by Crippen LogP contribution is 2.34. The maximum atomic E-state index is 12.8. The fourth-order valence-corrected chi connectivity index (χ4v) is 12.9. The second kappa shape index (κ2) is 42.0. The summed E-state index contributed by atoms with van der Waals surface area (Å²) in [7, 11) is 0. The van der Waals surface area contributed by atoms with E-state index in [2.05, 4.69) is 102 Å². The molecule has 109 heavy (non-hydrogen) atoms. The number of aromatic nitrogens is 9. The Balaban J connectivity index is 0.000000183. The molecule has 3 saturated heterocycles. The third-order valence-corrected chi connectivity index (χ3v) is 18.5. The fraction of sp³-hybridized carbons (Fsp3) is 0.347. The topological polar surface area (TPSA) is 362 Å². The van der Waals surface area contributed by atoms with Crippen molar-refractivity contribution >= 4 is 113 Å². The highest BCUT2D eigenvalue weighted by atomic mass is 35.5. The van der Waals surface area contributed by atoms with E-state index in [0.717, 1.165) is 62.0 Å². The van der Waals surface area contributed by atoms with Crippen molar-refractivity contribution in [2.24, 2.45) is 5.92 Å². The van der Waals surface area contributed by atoms with Crippen LogP contribution in [0.4, 0.5) is 37.6 Å². The van der Waals surface area contributed by atoms with Gasteiger partial charge in [-0.05, 0) is 94.8 Å². The summed E-state index contributed by atoms with van der Waals surface area (Å²) in [5, 5.41) is 19.7. The molecule has 5 amide bonds. The average molecular weight is 1570 g/mol. The number of ether oxygens (including phenoxy) is 7. The lowest BCUT2D eigenvalue weighted by Crippen LogP contribution is -2.57. The Bertz CT molecular complexity index is 4470. The molecule has 574 valence electrons. The van der Waals surface area contributed by atoms with Gasteiger partial charge in [0.2, 0.25) is 46.5 Å². The van der Waals surface area contributed by atoms with Gasteiger partial charge in [0.1, 0.15) is 72.4 Å². The highest BCUT2D eigenvalue weighted by molar-refractivity contribution is 7.19. The van der Waals surface area contributed by atoms with Crippen LogP contribution < -0.4 is 46.1 Å². The molecule has 9 aromatic rings. The predicted molar refractivity (Wildman–Crippen MR) is 417 cm³/mol. The van der Waals surface area contributed by atoms with Crippen molar-refractivity contribution in [3.63, 3.8) is 0 Å². The van der Waals surface area contributed by atoms with Crippen molar-refractivity contribution in [3.05, 3.63) is 171 Å². The summed E-state index contributed by atoms with van der Waals surface area (Å²) in [6.45, 7) is 21.7. The normalized spacial score (nSPS) is 15.2. The molecular weight excluding hydrogens is 1480 g/mol. The van der Waals surface area contributed by atoms with Gasteiger partial charge < -0.3 is 70.0 Å². The molecule has 34 heteroatoms. The number of hydrogen-bond acceptors (Lipinski definition) is 28. The van der Waals surface area contributed by atoms with Gasteiger partial charge in [-0.1, -0.05) is 138 Å². The minimum atomic E-state index is -0.769. The quantitative estimate of drug-likeness (QED) is 0.0167. The van der Waals surface area contributed by atoms with E-state index in [4.69, 9.17) is 44.8 Å². The first-order chi connectivity index (χ1) is 52.6. The summed E-state index contributed by atoms with van der Waals surface area (Å²) in [5.41, 5.74) is 2.66. The number of halogens is 1. The summed E-state index contributed by atoms with van der Waals surface area (Å²) < 4.78 is 38.8. The standard InChI is InChI=1S/C26H32N6O5S.C24H26N6O4S.C22H25N5O3S.C3H3ClO/c1-17-29-21(31-24-28-15-20(38-24)18-8-6-5-7-9-18)14-22(30-17)36-12-10-27-23(33)19-16-35-13-11-32(19)25(34)37-26(2,3)4;1-3-22(31)30-10-12-33-15-18(30)23(32)25-9-11-34-21-13-20(27-16(2)28-21)29-24-26-14-19(35-24)17-7-5-4-6-8-17;1-15-25-19(27-22-24-13-18(31-22)16-6-3-2-4-7-16)12-20(26-15)30-11-9-23-21(28)17-8-5-10-29-14-17;1-2-3(4)5/h5-9,14-15,19H,10-13,16H2,1-4H3,(H,27,33)(H,28,29,30,31);3-8,13-14,18H,1,9-12,15H2,2H3,(H,25,32)(H,26,27,28,29);2-4,6-7,12-13,17H,5,8-11,14H2,1H3,(H,23,28)(H,24,25,26,27);2H,1H2/t19-;18-;17-;/m000./s1. The highest BCUT2D eigenvalue weighted by Gasteiger charge is 2.36. The molecule has 0 aliphatic carbocycles. The van der Waals surface area contributed by atoms with Crippen molar-refractivity contribution in [1.82, 2.24) is 70.6 Å². The van der Waals surface area contributed by atoms with Gasteiger partial charge in [0.05, 0.1) is 73.2 Å². The number of allylic oxidation sites excluding steroid dienone is 1. The van der Waals surface area contributed by atoms with E-state index in [1.54, 1.807) is 71.1 Å². The van der Waals surface area contributed by atoms with Gasteiger partial charge in [0.25, 0.3) is 0 Å². The maximum absolute atomic E-state index is 12.8. The molecule has 0 unspecified atom stereocenters. The number of nitrogens with zero attached hydrogens (tertiary/aromatic N) is 11. The lowest BCUT2D eigenvalue weighted by molar-refractivity contribution is -0.145. The molecule has 3 aliphatic rings. The molecule has 0 spiro atoms. The molecule has 3 atom stereocenters. The van der Waals surface area contributed by atoms with E-state index in [1.165, 1.54) is 38.5 Å². The van der Waals surface area contributed by atoms with Crippen molar-refractivity contribution in [2.45, 2.75) is 72.1 Å². The number of amides is 5. The third-order valence-electron chi connectivity index (χ3n) is 15.4. The van der Waals surface area contributed by atoms with Crippen LogP contribution in [0.2, 0.25) is 0 Å². The molecule has 12 rings (SSSR count). The molecule has 30 nitrogen and oxygen atoms in total.